The standard InChI is InChI=1S/C8H17BrO3/c1-4-10-8(7-9,11-5-2)12-6-3/h4-7H2,1-3H3. The van der Waals surface area contributed by atoms with E-state index in [9.17, 15) is 0 Å². The molecular formula is C8H17BrO3. The third-order valence-electron chi connectivity index (χ3n) is 1.26. The Hall–Kier alpha value is 0.360. The maximum atomic E-state index is 5.37. The lowest BCUT2D eigenvalue weighted by atomic mass is 10.6. The lowest BCUT2D eigenvalue weighted by Gasteiger charge is -2.30. The highest BCUT2D eigenvalue weighted by atomic mass is 79.9. The first-order valence-corrected chi connectivity index (χ1v) is 5.34. The molecule has 0 spiro atoms. The second-order valence-corrected chi connectivity index (χ2v) is 2.68. The number of hydrogen-bond acceptors (Lipinski definition) is 3. The molecule has 4 heteroatoms. The first-order chi connectivity index (χ1) is 5.74. The summed E-state index contributed by atoms with van der Waals surface area (Å²) in [6.45, 7) is 7.46. The van der Waals surface area contributed by atoms with E-state index in [0.29, 0.717) is 25.2 Å². The first-order valence-electron chi connectivity index (χ1n) is 4.22. The fraction of sp³-hybridized carbons (Fsp3) is 1.00. The molecule has 0 aromatic heterocycles. The van der Waals surface area contributed by atoms with Gasteiger partial charge in [0.2, 0.25) is 0 Å². The minimum absolute atomic E-state index is 0.523. The number of rotatable bonds is 7. The summed E-state index contributed by atoms with van der Waals surface area (Å²) in [6.07, 6.45) is 0. The van der Waals surface area contributed by atoms with Gasteiger partial charge in [0, 0.05) is 19.8 Å². The molecule has 0 heterocycles. The Morgan fingerprint density at radius 2 is 1.25 bits per heavy atom. The molecule has 0 fully saturated rings. The van der Waals surface area contributed by atoms with Crippen molar-refractivity contribution >= 4 is 15.9 Å². The summed E-state index contributed by atoms with van der Waals surface area (Å²) in [5.41, 5.74) is 0. The maximum Gasteiger partial charge on any atom is 0.293 e. The van der Waals surface area contributed by atoms with Crippen molar-refractivity contribution in [1.82, 2.24) is 0 Å². The topological polar surface area (TPSA) is 27.7 Å². The van der Waals surface area contributed by atoms with E-state index in [4.69, 9.17) is 14.2 Å². The van der Waals surface area contributed by atoms with Crippen LogP contribution in [0.25, 0.3) is 0 Å². The van der Waals surface area contributed by atoms with Crippen molar-refractivity contribution in [3.8, 4) is 0 Å². The van der Waals surface area contributed by atoms with Crippen LogP contribution in [0.3, 0.4) is 0 Å². The fourth-order valence-corrected chi connectivity index (χ4v) is 1.39. The van der Waals surface area contributed by atoms with Crippen molar-refractivity contribution in [3.63, 3.8) is 0 Å². The van der Waals surface area contributed by atoms with Gasteiger partial charge in [0.1, 0.15) is 0 Å². The molecule has 0 unspecified atom stereocenters. The quantitative estimate of drug-likeness (QED) is 0.505. The van der Waals surface area contributed by atoms with Crippen LogP contribution >= 0.6 is 15.9 Å². The number of halogens is 1. The summed E-state index contributed by atoms with van der Waals surface area (Å²) in [4.78, 5) is 0. The Balaban J connectivity index is 4.06. The van der Waals surface area contributed by atoms with Crippen LogP contribution in [0.2, 0.25) is 0 Å². The van der Waals surface area contributed by atoms with Crippen molar-refractivity contribution < 1.29 is 14.2 Å². The van der Waals surface area contributed by atoms with Crippen LogP contribution in [0, 0.1) is 0 Å². The lowest BCUT2D eigenvalue weighted by molar-refractivity contribution is -0.361. The monoisotopic (exact) mass is 240 g/mol. The SMILES string of the molecule is CCOC(CBr)(OCC)OCC. The van der Waals surface area contributed by atoms with Crippen LogP contribution in [0.15, 0.2) is 0 Å². The van der Waals surface area contributed by atoms with Gasteiger partial charge in [-0.15, -0.1) is 0 Å². The summed E-state index contributed by atoms with van der Waals surface area (Å²) in [7, 11) is 0. The fourth-order valence-electron chi connectivity index (χ4n) is 0.900. The van der Waals surface area contributed by atoms with Gasteiger partial charge in [-0.05, 0) is 20.8 Å². The van der Waals surface area contributed by atoms with E-state index in [1.165, 1.54) is 0 Å². The summed E-state index contributed by atoms with van der Waals surface area (Å²) in [6, 6.07) is 0. The van der Waals surface area contributed by atoms with Gasteiger partial charge in [-0.3, -0.25) is 0 Å². The molecule has 12 heavy (non-hydrogen) atoms. The van der Waals surface area contributed by atoms with Crippen molar-refractivity contribution in [3.05, 3.63) is 0 Å². The molecule has 3 nitrogen and oxygen atoms in total. The van der Waals surface area contributed by atoms with Gasteiger partial charge in [-0.2, -0.15) is 0 Å². The van der Waals surface area contributed by atoms with Gasteiger partial charge in [0.25, 0.3) is 5.97 Å². The Morgan fingerprint density at radius 3 is 1.42 bits per heavy atom. The zero-order chi connectivity index (χ0) is 9.45. The van der Waals surface area contributed by atoms with Crippen LogP contribution < -0.4 is 0 Å². The molecule has 0 aliphatic carbocycles. The van der Waals surface area contributed by atoms with Crippen LogP contribution in [0.5, 0.6) is 0 Å². The molecular weight excluding hydrogens is 224 g/mol. The van der Waals surface area contributed by atoms with Gasteiger partial charge in [0.05, 0.1) is 5.33 Å². The van der Waals surface area contributed by atoms with Crippen molar-refractivity contribution in [2.75, 3.05) is 25.2 Å². The molecule has 74 valence electrons. The predicted molar refractivity (Wildman–Crippen MR) is 51.4 cm³/mol. The highest BCUT2D eigenvalue weighted by molar-refractivity contribution is 9.09. The summed E-state index contributed by atoms with van der Waals surface area (Å²) in [5, 5.41) is 0.523. The normalized spacial score (nSPS) is 12.0. The minimum Gasteiger partial charge on any atom is -0.327 e. The molecule has 0 amide bonds. The number of alkyl halides is 1. The van der Waals surface area contributed by atoms with E-state index in [1.807, 2.05) is 20.8 Å². The molecule has 0 radical (unpaired) electrons. The summed E-state index contributed by atoms with van der Waals surface area (Å²) < 4.78 is 16.1. The Bertz CT molecular complexity index is 91.5. The van der Waals surface area contributed by atoms with Crippen molar-refractivity contribution in [1.29, 1.82) is 0 Å². The van der Waals surface area contributed by atoms with E-state index in [2.05, 4.69) is 15.9 Å². The Labute approximate surface area is 82.5 Å². The highest BCUT2D eigenvalue weighted by Gasteiger charge is 2.30. The van der Waals surface area contributed by atoms with E-state index < -0.39 is 5.97 Å². The average Bonchev–Trinajstić information content (AvgIpc) is 2.06. The van der Waals surface area contributed by atoms with Crippen LogP contribution in [-0.2, 0) is 14.2 Å². The Morgan fingerprint density at radius 1 is 0.917 bits per heavy atom. The molecule has 0 aliphatic heterocycles. The van der Waals surface area contributed by atoms with E-state index in [-0.39, 0.29) is 0 Å². The van der Waals surface area contributed by atoms with E-state index >= 15 is 0 Å². The molecule has 0 aliphatic rings. The third kappa shape index (κ3) is 3.85. The predicted octanol–water partition coefficient (Wildman–Crippen LogP) is 2.14. The maximum absolute atomic E-state index is 5.37. The molecule has 0 atom stereocenters. The molecule has 0 aromatic carbocycles. The zero-order valence-electron chi connectivity index (χ0n) is 7.93. The number of ether oxygens (including phenoxy) is 3. The molecule has 0 saturated carbocycles. The largest absolute Gasteiger partial charge is 0.327 e. The zero-order valence-corrected chi connectivity index (χ0v) is 9.52. The van der Waals surface area contributed by atoms with E-state index in [0.717, 1.165) is 0 Å². The van der Waals surface area contributed by atoms with Gasteiger partial charge in [-0.25, -0.2) is 0 Å². The van der Waals surface area contributed by atoms with Crippen LogP contribution in [0.1, 0.15) is 20.8 Å². The molecule has 0 saturated heterocycles. The minimum atomic E-state index is -0.891. The van der Waals surface area contributed by atoms with Gasteiger partial charge in [-0.1, -0.05) is 15.9 Å². The van der Waals surface area contributed by atoms with Crippen LogP contribution in [-0.4, -0.2) is 31.1 Å². The Kier molecular flexibility index (Phi) is 7.04. The highest BCUT2D eigenvalue weighted by Crippen LogP contribution is 2.18. The molecule has 0 N–H and O–H groups in total. The lowest BCUT2D eigenvalue weighted by Crippen LogP contribution is -2.41. The number of hydrogen-bond donors (Lipinski definition) is 0. The smallest absolute Gasteiger partial charge is 0.293 e. The molecule has 0 bridgehead atoms. The van der Waals surface area contributed by atoms with Crippen molar-refractivity contribution in [2.24, 2.45) is 0 Å². The van der Waals surface area contributed by atoms with Crippen LogP contribution in [0.4, 0.5) is 0 Å². The average molecular weight is 241 g/mol. The molecule has 0 aromatic rings. The second kappa shape index (κ2) is 6.83. The van der Waals surface area contributed by atoms with Gasteiger partial charge < -0.3 is 14.2 Å². The van der Waals surface area contributed by atoms with Gasteiger partial charge in [0.15, 0.2) is 0 Å². The third-order valence-corrected chi connectivity index (χ3v) is 1.94. The van der Waals surface area contributed by atoms with Gasteiger partial charge >= 0.3 is 0 Å². The molecule has 0 rings (SSSR count). The van der Waals surface area contributed by atoms with E-state index in [1.54, 1.807) is 0 Å². The summed E-state index contributed by atoms with van der Waals surface area (Å²) in [5.74, 6) is -0.891. The summed E-state index contributed by atoms with van der Waals surface area (Å²) >= 11 is 3.30. The second-order valence-electron chi connectivity index (χ2n) is 2.12. The first kappa shape index (κ1) is 12.4. The van der Waals surface area contributed by atoms with Crippen molar-refractivity contribution in [2.45, 2.75) is 26.7 Å².